The van der Waals surface area contributed by atoms with Crippen molar-refractivity contribution in [3.05, 3.63) is 462 Å². The maximum Gasteiger partial charge on any atom is 0.252 e. The van der Waals surface area contributed by atoms with Crippen molar-refractivity contribution >= 4 is 136 Å². The quantitative estimate of drug-likeness (QED) is 0.127. The van der Waals surface area contributed by atoms with Crippen LogP contribution in [0.25, 0.3) is 105 Å². The van der Waals surface area contributed by atoms with Crippen molar-refractivity contribution in [3.8, 4) is 83.6 Å². The SMILES string of the molecule is CC(C)(C)c1cc(N2c3ccccc3B3c4cc5c(cc4N(c4c(-c6ccccc6)cc(C(C)(C)C)cc4-c4ccccc4)c4cc(-c6cccc7c6C6(c8ccccc8-c8ccccc86)c6ccccc6-7)cc2c43)N(c2cc(C(C)(C)C)cc(C(C)(C)C)c2)c2cc(-n3c4ccccc4c4ccccc43)cc3c2B5c2ccccc2N3c2c(-c3ccccc3)cc(C(C)(C)C)cc2-c2ccccc2)cc(C(C)(C)C)c1. The van der Waals surface area contributed by atoms with Crippen LogP contribution in [0.15, 0.2) is 406 Å². The molecule has 0 saturated heterocycles. The topological polar surface area (TPSA) is 17.9 Å². The van der Waals surface area contributed by atoms with Gasteiger partial charge in [-0.2, -0.15) is 0 Å². The Kier molecular flexibility index (Phi) is 20.2. The molecule has 5 nitrogen and oxygen atoms in total. The Morgan fingerprint density at radius 3 is 0.890 bits per heavy atom. The van der Waals surface area contributed by atoms with Crippen LogP contribution in [0.5, 0.6) is 0 Å². The number of para-hydroxylation sites is 4. The highest BCUT2D eigenvalue weighted by Crippen LogP contribution is 2.66. The second kappa shape index (κ2) is 32.7. The van der Waals surface area contributed by atoms with Crippen LogP contribution in [-0.4, -0.2) is 18.0 Å². The van der Waals surface area contributed by atoms with Gasteiger partial charge < -0.3 is 24.2 Å². The van der Waals surface area contributed by atoms with Crippen LogP contribution in [0, 0.1) is 0 Å². The van der Waals surface area contributed by atoms with E-state index in [4.69, 9.17) is 0 Å². The Labute approximate surface area is 862 Å². The Bertz CT molecular complexity index is 8520. The minimum absolute atomic E-state index is 0.228. The van der Waals surface area contributed by atoms with E-state index in [0.717, 1.165) is 135 Å². The van der Waals surface area contributed by atoms with Gasteiger partial charge in [0.05, 0.1) is 33.5 Å². The standard InChI is InChI=1S/C139H121B2N5/c1-133(2,3)91-72-92(134(4,5)6)75-97(74-91)143-120-68-43-39-64-114(120)140-117-84-116-122(85-123(117)146(132-109(88-50-27-21-28-51-88)80-96(138(16,17)18)81-110(132)89-52-29-22-30-53-89)125-71-90(70-124(143)129(125)140)100-59-45-60-106-103-56-33-38-63-113(103)139(128(100)106)111-61-36-31-54-101(111)102-55-32-37-62-112(102)139)144(98-76-93(135(7,8)9)73-94(77-98)136(10,11)12)126-82-99(142-118-66-41-34-57-104(118)105-58-35-42-67-119(105)142)83-127-130(126)141(116)115-65-40-44-69-121(115)145(127)131-107(86-46-23-19-24-47-86)78-95(137(13,14)15)79-108(131)87-48-25-20-26-49-87/h19-85H,1-18H3. The molecule has 0 atom stereocenters. The van der Waals surface area contributed by atoms with Gasteiger partial charge in [0.2, 0.25) is 0 Å². The highest BCUT2D eigenvalue weighted by molar-refractivity contribution is 7.03. The summed E-state index contributed by atoms with van der Waals surface area (Å²) >= 11 is 0. The van der Waals surface area contributed by atoms with E-state index in [-0.39, 0.29) is 45.9 Å². The molecule has 6 aliphatic rings. The van der Waals surface area contributed by atoms with Crippen LogP contribution in [-0.2, 0) is 37.9 Å². The molecular weight excluding hydrogens is 1760 g/mol. The average Bonchev–Trinajstić information content (AvgIpc) is 0.944. The molecule has 26 rings (SSSR count). The number of hydrogen-bond acceptors (Lipinski definition) is 4. The molecule has 0 unspecified atom stereocenters. The summed E-state index contributed by atoms with van der Waals surface area (Å²) in [4.78, 5) is 11.1. The Morgan fingerprint density at radius 2 is 0.486 bits per heavy atom. The first-order valence-electron chi connectivity index (χ1n) is 52.5. The molecule has 20 aromatic rings. The number of anilines is 12. The van der Waals surface area contributed by atoms with E-state index in [1.807, 2.05) is 0 Å². The molecule has 0 N–H and O–H groups in total. The molecule has 708 valence electrons. The number of hydrogen-bond donors (Lipinski definition) is 0. The van der Waals surface area contributed by atoms with Crippen molar-refractivity contribution in [3.63, 3.8) is 0 Å². The Morgan fingerprint density at radius 1 is 0.192 bits per heavy atom. The molecule has 5 heterocycles. The average molecular weight is 1880 g/mol. The van der Waals surface area contributed by atoms with Crippen LogP contribution < -0.4 is 52.4 Å². The summed E-state index contributed by atoms with van der Waals surface area (Å²) in [6.45, 7) is 42.4. The van der Waals surface area contributed by atoms with Gasteiger partial charge in [0.25, 0.3) is 13.4 Å². The molecule has 0 amide bonds. The Hall–Kier alpha value is -15.7. The smallest absolute Gasteiger partial charge is 0.252 e. The molecule has 7 heteroatoms. The van der Waals surface area contributed by atoms with Crippen LogP contribution in [0.4, 0.5) is 68.2 Å². The van der Waals surface area contributed by atoms with Gasteiger partial charge in [-0.05, 0) is 280 Å². The molecule has 1 spiro atoms. The summed E-state index contributed by atoms with van der Waals surface area (Å²) in [6, 6.07) is 160. The van der Waals surface area contributed by atoms with Gasteiger partial charge in [-0.3, -0.25) is 0 Å². The zero-order valence-corrected chi connectivity index (χ0v) is 87.1. The van der Waals surface area contributed by atoms with E-state index in [2.05, 4.69) is 555 Å². The first-order valence-corrected chi connectivity index (χ1v) is 52.5. The normalized spacial score (nSPS) is 14.1. The summed E-state index contributed by atoms with van der Waals surface area (Å²) in [6.07, 6.45) is 0. The van der Waals surface area contributed by atoms with Crippen LogP contribution in [0.1, 0.15) is 180 Å². The molecular formula is C139H121B2N5. The van der Waals surface area contributed by atoms with Crippen molar-refractivity contribution in [1.29, 1.82) is 0 Å². The minimum atomic E-state index is -0.701. The fourth-order valence-corrected chi connectivity index (χ4v) is 25.5. The second-order valence-corrected chi connectivity index (χ2v) is 47.9. The molecule has 0 saturated carbocycles. The fourth-order valence-electron chi connectivity index (χ4n) is 25.5. The molecule has 0 radical (unpaired) electrons. The largest absolute Gasteiger partial charge is 0.311 e. The summed E-state index contributed by atoms with van der Waals surface area (Å²) in [5.74, 6) is 0. The molecule has 4 aliphatic heterocycles. The van der Waals surface area contributed by atoms with Gasteiger partial charge >= 0.3 is 0 Å². The van der Waals surface area contributed by atoms with Crippen molar-refractivity contribution < 1.29 is 0 Å². The first-order chi connectivity index (χ1) is 70.2. The van der Waals surface area contributed by atoms with E-state index < -0.39 is 5.41 Å². The van der Waals surface area contributed by atoms with E-state index in [9.17, 15) is 0 Å². The molecule has 2 aliphatic carbocycles. The fraction of sp³-hybridized carbons (Fsp3) is 0.180. The summed E-state index contributed by atoms with van der Waals surface area (Å²) in [7, 11) is 0. The number of benzene rings is 19. The van der Waals surface area contributed by atoms with Crippen molar-refractivity contribution in [2.45, 2.75) is 163 Å². The van der Waals surface area contributed by atoms with Crippen LogP contribution >= 0.6 is 0 Å². The molecule has 0 bridgehead atoms. The zero-order chi connectivity index (χ0) is 100. The monoisotopic (exact) mass is 1880 g/mol. The lowest BCUT2D eigenvalue weighted by molar-refractivity contribution is 0.568. The number of aromatic nitrogens is 1. The molecule has 19 aromatic carbocycles. The third-order valence-corrected chi connectivity index (χ3v) is 32.8. The zero-order valence-electron chi connectivity index (χ0n) is 87.1. The van der Waals surface area contributed by atoms with Gasteiger partial charge in [0.15, 0.2) is 0 Å². The van der Waals surface area contributed by atoms with E-state index >= 15 is 0 Å². The lowest BCUT2D eigenvalue weighted by atomic mass is 9.30. The van der Waals surface area contributed by atoms with Crippen molar-refractivity contribution in [1.82, 2.24) is 4.57 Å². The maximum atomic E-state index is 2.85. The van der Waals surface area contributed by atoms with Gasteiger partial charge in [-0.1, -0.05) is 428 Å². The third-order valence-electron chi connectivity index (χ3n) is 32.8. The summed E-state index contributed by atoms with van der Waals surface area (Å²) in [5, 5.41) is 2.41. The highest BCUT2D eigenvalue weighted by atomic mass is 15.2. The lowest BCUT2D eigenvalue weighted by Crippen LogP contribution is -2.65. The van der Waals surface area contributed by atoms with Gasteiger partial charge in [-0.15, -0.1) is 0 Å². The third kappa shape index (κ3) is 13.9. The van der Waals surface area contributed by atoms with E-state index in [1.54, 1.807) is 0 Å². The maximum absolute atomic E-state index is 2.85. The van der Waals surface area contributed by atoms with Gasteiger partial charge in [0.1, 0.15) is 0 Å². The number of rotatable bonds is 10. The van der Waals surface area contributed by atoms with Crippen molar-refractivity contribution in [2.75, 3.05) is 19.6 Å². The lowest BCUT2D eigenvalue weighted by Gasteiger charge is -2.48. The number of nitrogens with zero attached hydrogens (tertiary/aromatic N) is 5. The number of fused-ring (bicyclic) bond motifs is 21. The minimum Gasteiger partial charge on any atom is -0.311 e. The molecule has 146 heavy (non-hydrogen) atoms. The summed E-state index contributed by atoms with van der Waals surface area (Å²) in [5.41, 5.74) is 51.3. The Balaban J connectivity index is 0.868. The first kappa shape index (κ1) is 90.3. The molecule has 0 fully saturated rings. The van der Waals surface area contributed by atoms with Crippen LogP contribution in [0.3, 0.4) is 0 Å². The predicted molar refractivity (Wildman–Crippen MR) is 625 cm³/mol. The molecule has 1 aromatic heterocycles. The highest BCUT2D eigenvalue weighted by Gasteiger charge is 2.55. The second-order valence-electron chi connectivity index (χ2n) is 47.9. The van der Waals surface area contributed by atoms with Gasteiger partial charge in [0, 0.05) is 89.9 Å². The van der Waals surface area contributed by atoms with Crippen LogP contribution in [0.2, 0.25) is 0 Å². The van der Waals surface area contributed by atoms with E-state index in [0.29, 0.717) is 0 Å². The van der Waals surface area contributed by atoms with E-state index in [1.165, 1.54) is 127 Å². The van der Waals surface area contributed by atoms with Gasteiger partial charge in [-0.25, -0.2) is 0 Å². The summed E-state index contributed by atoms with van der Waals surface area (Å²) < 4.78 is 2.59. The predicted octanol–water partition coefficient (Wildman–Crippen LogP) is 33.4. The van der Waals surface area contributed by atoms with Crippen molar-refractivity contribution in [2.24, 2.45) is 0 Å².